The smallest absolute Gasteiger partial charge is 0.0868 e. The number of nitrogens with zero attached hydrogens (tertiary/aromatic N) is 1. The van der Waals surface area contributed by atoms with Crippen molar-refractivity contribution in [2.75, 3.05) is 7.05 Å². The van der Waals surface area contributed by atoms with Crippen LogP contribution in [0.1, 0.15) is 40.5 Å². The van der Waals surface area contributed by atoms with Crippen LogP contribution in [-0.2, 0) is 0 Å². The maximum absolute atomic E-state index is 6.13. The summed E-state index contributed by atoms with van der Waals surface area (Å²) in [7, 11) is 1.81. The molecule has 1 aliphatic rings. The van der Waals surface area contributed by atoms with Crippen LogP contribution in [0.5, 0.6) is 0 Å². The number of rotatable bonds is 3. The SMILES string of the molecule is C/N=C(C1=C(C)CCC(C)=C1)\C(N)=C/C(C)C. The van der Waals surface area contributed by atoms with Crippen LogP contribution in [0, 0.1) is 5.92 Å². The lowest BCUT2D eigenvalue weighted by atomic mass is 9.90. The third kappa shape index (κ3) is 3.58. The lowest BCUT2D eigenvalue weighted by Crippen LogP contribution is -2.17. The predicted octanol–water partition coefficient (Wildman–Crippen LogP) is 3.61. The Labute approximate surface area is 105 Å². The molecular weight excluding hydrogens is 208 g/mol. The highest BCUT2D eigenvalue weighted by Crippen LogP contribution is 2.25. The fourth-order valence-corrected chi connectivity index (χ4v) is 2.07. The minimum atomic E-state index is 0.446. The molecule has 0 spiro atoms. The summed E-state index contributed by atoms with van der Waals surface area (Å²) >= 11 is 0. The first-order valence-electron chi connectivity index (χ1n) is 6.27. The van der Waals surface area contributed by atoms with E-state index < -0.39 is 0 Å². The van der Waals surface area contributed by atoms with Gasteiger partial charge in [0, 0.05) is 12.6 Å². The molecule has 0 radical (unpaired) electrons. The number of hydrogen-bond donors (Lipinski definition) is 1. The number of aliphatic imine (C=N–C) groups is 1. The first-order valence-corrected chi connectivity index (χ1v) is 6.27. The number of allylic oxidation sites excluding steroid dienone is 5. The summed E-state index contributed by atoms with van der Waals surface area (Å²) < 4.78 is 0. The summed E-state index contributed by atoms with van der Waals surface area (Å²) in [6.07, 6.45) is 6.56. The quantitative estimate of drug-likeness (QED) is 0.742. The van der Waals surface area contributed by atoms with Gasteiger partial charge in [0.2, 0.25) is 0 Å². The van der Waals surface area contributed by atoms with E-state index in [0.717, 1.165) is 24.3 Å². The molecule has 1 aliphatic carbocycles. The van der Waals surface area contributed by atoms with E-state index in [0.29, 0.717) is 5.92 Å². The van der Waals surface area contributed by atoms with Crippen molar-refractivity contribution < 1.29 is 0 Å². The largest absolute Gasteiger partial charge is 0.397 e. The molecule has 0 aliphatic heterocycles. The molecule has 0 atom stereocenters. The van der Waals surface area contributed by atoms with Crippen LogP contribution >= 0.6 is 0 Å². The zero-order chi connectivity index (χ0) is 13.0. The summed E-state index contributed by atoms with van der Waals surface area (Å²) in [6.45, 7) is 8.60. The molecule has 0 bridgehead atoms. The van der Waals surface area contributed by atoms with E-state index in [1.54, 1.807) is 0 Å². The first-order chi connectivity index (χ1) is 7.95. The van der Waals surface area contributed by atoms with E-state index in [1.165, 1.54) is 16.7 Å². The first kappa shape index (κ1) is 13.8. The topological polar surface area (TPSA) is 38.4 Å². The van der Waals surface area contributed by atoms with E-state index in [1.807, 2.05) is 7.05 Å². The van der Waals surface area contributed by atoms with Crippen molar-refractivity contribution in [2.45, 2.75) is 40.5 Å². The molecule has 0 heterocycles. The summed E-state index contributed by atoms with van der Waals surface area (Å²) in [5, 5.41) is 0. The van der Waals surface area contributed by atoms with Crippen molar-refractivity contribution >= 4 is 5.71 Å². The monoisotopic (exact) mass is 232 g/mol. The van der Waals surface area contributed by atoms with Crippen molar-refractivity contribution in [3.63, 3.8) is 0 Å². The minimum absolute atomic E-state index is 0.446. The van der Waals surface area contributed by atoms with Gasteiger partial charge in [0.25, 0.3) is 0 Å². The Morgan fingerprint density at radius 2 is 2.00 bits per heavy atom. The van der Waals surface area contributed by atoms with Gasteiger partial charge in [-0.2, -0.15) is 0 Å². The minimum Gasteiger partial charge on any atom is -0.397 e. The Kier molecular flexibility index (Phi) is 4.73. The van der Waals surface area contributed by atoms with E-state index in [4.69, 9.17) is 5.73 Å². The average molecular weight is 232 g/mol. The van der Waals surface area contributed by atoms with Gasteiger partial charge >= 0.3 is 0 Å². The van der Waals surface area contributed by atoms with Crippen LogP contribution < -0.4 is 5.73 Å². The fraction of sp³-hybridized carbons (Fsp3) is 0.533. The van der Waals surface area contributed by atoms with Gasteiger partial charge in [0.05, 0.1) is 11.4 Å². The zero-order valence-electron chi connectivity index (χ0n) is 11.7. The Balaban J connectivity index is 3.13. The van der Waals surface area contributed by atoms with Gasteiger partial charge < -0.3 is 5.73 Å². The van der Waals surface area contributed by atoms with Gasteiger partial charge in [-0.15, -0.1) is 0 Å². The number of hydrogen-bond acceptors (Lipinski definition) is 2. The van der Waals surface area contributed by atoms with Crippen LogP contribution in [0.3, 0.4) is 0 Å². The second-order valence-corrected chi connectivity index (χ2v) is 5.12. The van der Waals surface area contributed by atoms with E-state index in [-0.39, 0.29) is 0 Å². The Morgan fingerprint density at radius 1 is 1.35 bits per heavy atom. The lowest BCUT2D eigenvalue weighted by molar-refractivity contribution is 0.824. The van der Waals surface area contributed by atoms with Gasteiger partial charge in [0.15, 0.2) is 0 Å². The molecule has 0 saturated heterocycles. The molecule has 0 unspecified atom stereocenters. The highest BCUT2D eigenvalue weighted by atomic mass is 14.7. The summed E-state index contributed by atoms with van der Waals surface area (Å²) in [6, 6.07) is 0. The molecule has 0 fully saturated rings. The van der Waals surface area contributed by atoms with E-state index in [2.05, 4.69) is 44.8 Å². The van der Waals surface area contributed by atoms with Crippen LogP contribution in [0.2, 0.25) is 0 Å². The highest BCUT2D eigenvalue weighted by molar-refractivity contribution is 6.14. The molecular formula is C15H24N2. The standard InChI is InChI=1S/C15H24N2/c1-10(2)8-14(16)15(17-5)13-9-11(3)6-7-12(13)4/h8-10H,6-7,16H2,1-5H3/b14-8+,17-15-. The molecule has 2 heteroatoms. The summed E-state index contributed by atoms with van der Waals surface area (Å²) in [4.78, 5) is 4.37. The second kappa shape index (κ2) is 5.85. The number of nitrogens with two attached hydrogens (primary N) is 1. The predicted molar refractivity (Wildman–Crippen MR) is 76.2 cm³/mol. The lowest BCUT2D eigenvalue weighted by Gasteiger charge is -2.18. The molecule has 0 amide bonds. The van der Waals surface area contributed by atoms with Crippen molar-refractivity contribution in [1.82, 2.24) is 0 Å². The van der Waals surface area contributed by atoms with E-state index >= 15 is 0 Å². The van der Waals surface area contributed by atoms with Gasteiger partial charge in [-0.1, -0.05) is 37.1 Å². The molecule has 0 aromatic rings. The molecule has 2 N–H and O–H groups in total. The van der Waals surface area contributed by atoms with Gasteiger partial charge in [-0.25, -0.2) is 0 Å². The summed E-state index contributed by atoms with van der Waals surface area (Å²) in [5.41, 5.74) is 11.9. The maximum atomic E-state index is 6.13. The molecule has 0 aromatic heterocycles. The third-order valence-electron chi connectivity index (χ3n) is 3.01. The van der Waals surface area contributed by atoms with Crippen LogP contribution in [0.4, 0.5) is 0 Å². The second-order valence-electron chi connectivity index (χ2n) is 5.12. The van der Waals surface area contributed by atoms with Gasteiger partial charge in [-0.05, 0) is 32.6 Å². The normalized spacial score (nSPS) is 18.8. The zero-order valence-corrected chi connectivity index (χ0v) is 11.7. The molecule has 17 heavy (non-hydrogen) atoms. The Morgan fingerprint density at radius 3 is 2.53 bits per heavy atom. The molecule has 0 saturated carbocycles. The average Bonchev–Trinajstić information content (AvgIpc) is 2.23. The molecule has 2 nitrogen and oxygen atoms in total. The maximum Gasteiger partial charge on any atom is 0.0868 e. The van der Waals surface area contributed by atoms with Gasteiger partial charge in [-0.3, -0.25) is 4.99 Å². The van der Waals surface area contributed by atoms with Crippen LogP contribution in [0.25, 0.3) is 0 Å². The van der Waals surface area contributed by atoms with E-state index in [9.17, 15) is 0 Å². The highest BCUT2D eigenvalue weighted by Gasteiger charge is 2.14. The van der Waals surface area contributed by atoms with Gasteiger partial charge in [0.1, 0.15) is 0 Å². The van der Waals surface area contributed by atoms with Crippen molar-refractivity contribution in [3.05, 3.63) is 34.6 Å². The Hall–Kier alpha value is -1.31. The Bertz CT molecular complexity index is 407. The van der Waals surface area contributed by atoms with Crippen molar-refractivity contribution in [2.24, 2.45) is 16.6 Å². The molecule has 1 rings (SSSR count). The summed E-state index contributed by atoms with van der Waals surface area (Å²) in [5.74, 6) is 0.446. The fourth-order valence-electron chi connectivity index (χ4n) is 2.07. The molecule has 0 aromatic carbocycles. The van der Waals surface area contributed by atoms with Crippen LogP contribution in [-0.4, -0.2) is 12.8 Å². The molecule has 94 valence electrons. The van der Waals surface area contributed by atoms with Crippen LogP contribution in [0.15, 0.2) is 39.6 Å². The third-order valence-corrected chi connectivity index (χ3v) is 3.01. The van der Waals surface area contributed by atoms with Crippen molar-refractivity contribution in [3.8, 4) is 0 Å². The van der Waals surface area contributed by atoms with Crippen molar-refractivity contribution in [1.29, 1.82) is 0 Å².